The molecule has 0 fully saturated rings. The van der Waals surface area contributed by atoms with Gasteiger partial charge < -0.3 is 5.32 Å². The number of hydrogen-bond donors (Lipinski definition) is 1. The van der Waals surface area contributed by atoms with Gasteiger partial charge in [-0.2, -0.15) is 11.8 Å². The van der Waals surface area contributed by atoms with E-state index in [1.54, 1.807) is 0 Å². The predicted molar refractivity (Wildman–Crippen MR) is 64.6 cm³/mol. The van der Waals surface area contributed by atoms with E-state index in [0.29, 0.717) is 0 Å². The zero-order chi connectivity index (χ0) is 9.94. The average molecular weight is 203 g/mol. The normalized spacial score (nSPS) is 13.2. The lowest BCUT2D eigenvalue weighted by atomic mass is 10.1. The van der Waals surface area contributed by atoms with Gasteiger partial charge >= 0.3 is 0 Å². The fourth-order valence-electron chi connectivity index (χ4n) is 1.31. The molecule has 1 unspecified atom stereocenters. The number of hydrogen-bond acceptors (Lipinski definition) is 2. The van der Waals surface area contributed by atoms with Crippen molar-refractivity contribution < 1.29 is 0 Å². The quantitative estimate of drug-likeness (QED) is 0.578. The molecule has 2 heteroatoms. The minimum atomic E-state index is 0.851. The predicted octanol–water partition coefficient (Wildman–Crippen LogP) is 3.16. The molecule has 0 saturated carbocycles. The molecule has 80 valence electrons. The summed E-state index contributed by atoms with van der Waals surface area (Å²) >= 11 is 2.06. The molecule has 1 nitrogen and oxygen atoms in total. The summed E-state index contributed by atoms with van der Waals surface area (Å²) in [6.45, 7) is 9.17. The molecular weight excluding hydrogens is 178 g/mol. The van der Waals surface area contributed by atoms with E-state index in [9.17, 15) is 0 Å². The van der Waals surface area contributed by atoms with Crippen molar-refractivity contribution in [2.24, 2.45) is 5.92 Å². The van der Waals surface area contributed by atoms with Crippen molar-refractivity contribution in [3.8, 4) is 0 Å². The molecule has 0 saturated heterocycles. The molecule has 1 N–H and O–H groups in total. The highest BCUT2D eigenvalue weighted by atomic mass is 32.2. The lowest BCUT2D eigenvalue weighted by Crippen LogP contribution is -2.21. The van der Waals surface area contributed by atoms with E-state index in [0.717, 1.165) is 5.92 Å². The Morgan fingerprint density at radius 2 is 2.08 bits per heavy atom. The monoisotopic (exact) mass is 203 g/mol. The van der Waals surface area contributed by atoms with E-state index in [1.807, 2.05) is 0 Å². The molecule has 0 radical (unpaired) electrons. The smallest absolute Gasteiger partial charge is 0.00232 e. The summed E-state index contributed by atoms with van der Waals surface area (Å²) in [4.78, 5) is 0. The highest BCUT2D eigenvalue weighted by Crippen LogP contribution is 2.09. The van der Waals surface area contributed by atoms with E-state index in [1.165, 1.54) is 43.9 Å². The van der Waals surface area contributed by atoms with Gasteiger partial charge in [0.1, 0.15) is 0 Å². The maximum Gasteiger partial charge on any atom is -0.00232 e. The highest BCUT2D eigenvalue weighted by molar-refractivity contribution is 7.99. The van der Waals surface area contributed by atoms with Crippen LogP contribution < -0.4 is 5.32 Å². The molecule has 0 spiro atoms. The summed E-state index contributed by atoms with van der Waals surface area (Å²) in [7, 11) is 0. The van der Waals surface area contributed by atoms with Gasteiger partial charge in [-0.25, -0.2) is 0 Å². The summed E-state index contributed by atoms with van der Waals surface area (Å²) in [5.74, 6) is 3.46. The summed E-state index contributed by atoms with van der Waals surface area (Å²) in [6, 6.07) is 0. The summed E-state index contributed by atoms with van der Waals surface area (Å²) in [5, 5.41) is 3.47. The molecule has 0 aliphatic carbocycles. The summed E-state index contributed by atoms with van der Waals surface area (Å²) in [6.07, 6.45) is 4.01. The van der Waals surface area contributed by atoms with Crippen LogP contribution in [0.25, 0.3) is 0 Å². The topological polar surface area (TPSA) is 12.0 Å². The van der Waals surface area contributed by atoms with Crippen LogP contribution in [0.1, 0.15) is 40.0 Å². The van der Waals surface area contributed by atoms with Gasteiger partial charge in [0.05, 0.1) is 0 Å². The molecule has 0 aromatic rings. The Morgan fingerprint density at radius 3 is 2.69 bits per heavy atom. The molecule has 13 heavy (non-hydrogen) atoms. The van der Waals surface area contributed by atoms with Crippen LogP contribution in [0.2, 0.25) is 0 Å². The Morgan fingerprint density at radius 1 is 1.31 bits per heavy atom. The molecular formula is C11H25NS. The van der Waals surface area contributed by atoms with Crippen molar-refractivity contribution >= 4 is 11.8 Å². The van der Waals surface area contributed by atoms with Gasteiger partial charge in [0.2, 0.25) is 0 Å². The van der Waals surface area contributed by atoms with Gasteiger partial charge in [-0.15, -0.1) is 0 Å². The van der Waals surface area contributed by atoms with Crippen LogP contribution in [-0.4, -0.2) is 24.6 Å². The lowest BCUT2D eigenvalue weighted by molar-refractivity contribution is 0.478. The van der Waals surface area contributed by atoms with Gasteiger partial charge in [0.15, 0.2) is 0 Å². The van der Waals surface area contributed by atoms with Crippen LogP contribution in [0.3, 0.4) is 0 Å². The lowest BCUT2D eigenvalue weighted by Gasteiger charge is -2.11. The zero-order valence-corrected chi connectivity index (χ0v) is 10.3. The first-order chi connectivity index (χ1) is 6.31. The Labute approximate surface area is 88.1 Å². The van der Waals surface area contributed by atoms with Gasteiger partial charge in [-0.3, -0.25) is 0 Å². The third-order valence-corrected chi connectivity index (χ3v) is 3.09. The molecule has 0 aromatic carbocycles. The average Bonchev–Trinajstić information content (AvgIpc) is 2.13. The molecule has 0 rings (SSSR count). The summed E-state index contributed by atoms with van der Waals surface area (Å²) in [5.41, 5.74) is 0. The fourth-order valence-corrected chi connectivity index (χ4v) is 1.96. The van der Waals surface area contributed by atoms with Crippen molar-refractivity contribution in [1.29, 1.82) is 0 Å². The number of nitrogens with one attached hydrogen (secondary N) is 1. The van der Waals surface area contributed by atoms with Gasteiger partial charge in [-0.05, 0) is 49.8 Å². The first kappa shape index (κ1) is 13.3. The highest BCUT2D eigenvalue weighted by Gasteiger charge is 2.00. The standard InChI is InChI=1S/C11H25NS/c1-4-8-12-10-11(3)7-6-9-13-5-2/h11-12H,4-10H2,1-3H3. The van der Waals surface area contributed by atoms with Crippen LogP contribution >= 0.6 is 11.8 Å². The van der Waals surface area contributed by atoms with E-state index in [2.05, 4.69) is 37.8 Å². The largest absolute Gasteiger partial charge is 0.316 e. The molecule has 0 heterocycles. The van der Waals surface area contributed by atoms with Crippen LogP contribution in [0.4, 0.5) is 0 Å². The van der Waals surface area contributed by atoms with Crippen molar-refractivity contribution in [3.63, 3.8) is 0 Å². The van der Waals surface area contributed by atoms with Crippen LogP contribution in [-0.2, 0) is 0 Å². The first-order valence-corrected chi connectivity index (χ1v) is 6.75. The maximum atomic E-state index is 3.47. The second-order valence-corrected chi connectivity index (χ2v) is 5.04. The zero-order valence-electron chi connectivity index (χ0n) is 9.44. The maximum absolute atomic E-state index is 3.47. The van der Waals surface area contributed by atoms with E-state index in [-0.39, 0.29) is 0 Å². The van der Waals surface area contributed by atoms with E-state index in [4.69, 9.17) is 0 Å². The van der Waals surface area contributed by atoms with Crippen molar-refractivity contribution in [1.82, 2.24) is 5.32 Å². The molecule has 0 amide bonds. The Kier molecular flexibility index (Phi) is 10.6. The third kappa shape index (κ3) is 10.2. The first-order valence-electron chi connectivity index (χ1n) is 5.59. The molecule has 0 aliphatic heterocycles. The SMILES string of the molecule is CCCNCC(C)CCCSCC. The van der Waals surface area contributed by atoms with Crippen molar-refractivity contribution in [2.75, 3.05) is 24.6 Å². The number of rotatable bonds is 9. The van der Waals surface area contributed by atoms with Crippen LogP contribution in [0.5, 0.6) is 0 Å². The Bertz CT molecular complexity index is 96.1. The molecule has 1 atom stereocenters. The third-order valence-electron chi connectivity index (χ3n) is 2.11. The molecule has 0 aliphatic rings. The molecule has 0 aromatic heterocycles. The van der Waals surface area contributed by atoms with Gasteiger partial charge in [0, 0.05) is 0 Å². The van der Waals surface area contributed by atoms with Crippen LogP contribution in [0, 0.1) is 5.92 Å². The summed E-state index contributed by atoms with van der Waals surface area (Å²) < 4.78 is 0. The minimum Gasteiger partial charge on any atom is -0.316 e. The van der Waals surface area contributed by atoms with Crippen molar-refractivity contribution in [2.45, 2.75) is 40.0 Å². The Balaban J connectivity index is 3.05. The van der Waals surface area contributed by atoms with Gasteiger partial charge in [-0.1, -0.05) is 20.8 Å². The van der Waals surface area contributed by atoms with Gasteiger partial charge in [0.25, 0.3) is 0 Å². The van der Waals surface area contributed by atoms with E-state index >= 15 is 0 Å². The molecule has 0 bridgehead atoms. The number of thioether (sulfide) groups is 1. The second kappa shape index (κ2) is 10.4. The Hall–Kier alpha value is 0.310. The van der Waals surface area contributed by atoms with Crippen LogP contribution in [0.15, 0.2) is 0 Å². The second-order valence-electron chi connectivity index (χ2n) is 3.65. The van der Waals surface area contributed by atoms with E-state index < -0.39 is 0 Å². The fraction of sp³-hybridized carbons (Fsp3) is 1.00. The van der Waals surface area contributed by atoms with Crippen molar-refractivity contribution in [3.05, 3.63) is 0 Å². The minimum absolute atomic E-state index is 0.851.